The van der Waals surface area contributed by atoms with E-state index in [2.05, 4.69) is 28.6 Å². The van der Waals surface area contributed by atoms with Crippen LogP contribution < -0.4 is 10.5 Å². The highest BCUT2D eigenvalue weighted by atomic mass is 33.1. The van der Waals surface area contributed by atoms with Gasteiger partial charge in [0.1, 0.15) is 11.9 Å². The third kappa shape index (κ3) is 5.13. The van der Waals surface area contributed by atoms with Crippen LogP contribution >= 0.6 is 21.4 Å². The minimum atomic E-state index is -0.791. The number of hydrogen-bond acceptors (Lipinski definition) is 7. The lowest BCUT2D eigenvalue weighted by Gasteiger charge is -2.35. The minimum absolute atomic E-state index is 0.199. The fourth-order valence-electron chi connectivity index (χ4n) is 3.13. The first kappa shape index (κ1) is 21.7. The second-order valence-corrected chi connectivity index (χ2v) is 9.13. The summed E-state index contributed by atoms with van der Waals surface area (Å²) in [6, 6.07) is 2.80. The number of hydroxylamine groups is 1. The molecule has 156 valence electrons. The van der Waals surface area contributed by atoms with E-state index in [0.29, 0.717) is 24.5 Å². The lowest BCUT2D eigenvalue weighted by molar-refractivity contribution is -0.132. The van der Waals surface area contributed by atoms with Crippen LogP contribution in [0.15, 0.2) is 41.7 Å². The number of pyridine rings is 1. The summed E-state index contributed by atoms with van der Waals surface area (Å²) in [4.78, 5) is 34.6. The van der Waals surface area contributed by atoms with Gasteiger partial charge >= 0.3 is 0 Å². The van der Waals surface area contributed by atoms with Gasteiger partial charge in [-0.3, -0.25) is 24.0 Å². The molecule has 2 aromatic heterocycles. The number of aromatic nitrogens is 3. The molecule has 0 saturated carbocycles. The first-order valence-electron chi connectivity index (χ1n) is 9.57. The molecular formula is C19H25N5O3S2. The van der Waals surface area contributed by atoms with E-state index in [1.165, 1.54) is 17.0 Å². The van der Waals surface area contributed by atoms with Crippen molar-refractivity contribution in [1.82, 2.24) is 19.0 Å². The van der Waals surface area contributed by atoms with E-state index in [9.17, 15) is 14.8 Å². The number of anilines is 1. The molecule has 2 aromatic rings. The van der Waals surface area contributed by atoms with Gasteiger partial charge in [-0.2, -0.15) is 0 Å². The van der Waals surface area contributed by atoms with Crippen molar-refractivity contribution in [3.63, 3.8) is 0 Å². The van der Waals surface area contributed by atoms with E-state index in [4.69, 9.17) is 0 Å². The van der Waals surface area contributed by atoms with Gasteiger partial charge in [0.05, 0.1) is 18.1 Å². The summed E-state index contributed by atoms with van der Waals surface area (Å²) in [5.74, 6) is 0.295. The van der Waals surface area contributed by atoms with Crippen LogP contribution in [0.1, 0.15) is 39.0 Å². The maximum atomic E-state index is 13.0. The predicted octanol–water partition coefficient (Wildman–Crippen LogP) is 2.84. The largest absolute Gasteiger partial charge is 0.302 e. The Morgan fingerprint density at radius 2 is 2.21 bits per heavy atom. The second kappa shape index (κ2) is 10.1. The molecule has 3 heterocycles. The van der Waals surface area contributed by atoms with Crippen LogP contribution in [0.4, 0.5) is 5.82 Å². The van der Waals surface area contributed by atoms with Gasteiger partial charge in [-0.15, -0.1) is 16.1 Å². The lowest BCUT2D eigenvalue weighted by Crippen LogP contribution is -2.50. The molecule has 1 N–H and O–H groups in total. The van der Waals surface area contributed by atoms with Gasteiger partial charge in [0, 0.05) is 18.9 Å². The Morgan fingerprint density at radius 1 is 1.38 bits per heavy atom. The molecule has 0 spiro atoms. The molecule has 1 aliphatic rings. The molecule has 1 fully saturated rings. The van der Waals surface area contributed by atoms with Gasteiger partial charge in [-0.25, -0.2) is 4.98 Å². The second-order valence-electron chi connectivity index (χ2n) is 6.71. The Kier molecular flexibility index (Phi) is 7.59. The zero-order valence-electron chi connectivity index (χ0n) is 16.2. The van der Waals surface area contributed by atoms with Crippen molar-refractivity contribution >= 4 is 38.5 Å². The van der Waals surface area contributed by atoms with E-state index in [-0.39, 0.29) is 11.5 Å². The summed E-state index contributed by atoms with van der Waals surface area (Å²) < 4.78 is 2.50. The van der Waals surface area contributed by atoms with E-state index in [1.807, 2.05) is 5.37 Å². The number of unbranched alkanes of at least 4 members (excludes halogenated alkanes) is 2. The summed E-state index contributed by atoms with van der Waals surface area (Å²) >= 11 is 4.45. The van der Waals surface area contributed by atoms with Crippen molar-refractivity contribution in [3.05, 3.63) is 47.3 Å². The third-order valence-corrected chi connectivity index (χ3v) is 6.83. The summed E-state index contributed by atoms with van der Waals surface area (Å²) in [6.45, 7) is 2.64. The molecule has 1 aliphatic heterocycles. The maximum absolute atomic E-state index is 13.0. The van der Waals surface area contributed by atoms with Crippen LogP contribution in [0, 0.1) is 0 Å². The van der Waals surface area contributed by atoms with E-state index >= 15 is 0 Å². The van der Waals surface area contributed by atoms with Crippen molar-refractivity contribution < 1.29 is 10.0 Å². The molecule has 8 nitrogen and oxygen atoms in total. The third-order valence-electron chi connectivity index (χ3n) is 4.70. The molecular weight excluding hydrogens is 410 g/mol. The number of amides is 1. The van der Waals surface area contributed by atoms with Gasteiger partial charge in [0.15, 0.2) is 0 Å². The van der Waals surface area contributed by atoms with E-state index < -0.39 is 15.7 Å². The smallest absolute Gasteiger partial charge is 0.273 e. The fourth-order valence-corrected chi connectivity index (χ4v) is 4.77. The normalized spacial score (nSPS) is 18.4. The summed E-state index contributed by atoms with van der Waals surface area (Å²) in [7, 11) is -0.791. The van der Waals surface area contributed by atoms with Gasteiger partial charge in [-0.05, 0) is 52.9 Å². The predicted molar refractivity (Wildman–Crippen MR) is 119 cm³/mol. The quantitative estimate of drug-likeness (QED) is 0.228. The van der Waals surface area contributed by atoms with Crippen LogP contribution in [0.5, 0.6) is 0 Å². The average molecular weight is 436 g/mol. The van der Waals surface area contributed by atoms with Crippen molar-refractivity contribution in [3.8, 4) is 5.69 Å². The number of nitrogens with zero attached hydrogens (tertiary/aromatic N) is 5. The number of thiol groups is 1. The van der Waals surface area contributed by atoms with Crippen LogP contribution in [0.2, 0.25) is 0 Å². The van der Waals surface area contributed by atoms with E-state index in [0.717, 1.165) is 30.2 Å². The van der Waals surface area contributed by atoms with Crippen molar-refractivity contribution in [2.24, 2.45) is 0 Å². The summed E-state index contributed by atoms with van der Waals surface area (Å²) in [6.07, 6.45) is 10.1. The molecule has 2 unspecified atom stereocenters. The van der Waals surface area contributed by atoms with Crippen LogP contribution in [0.25, 0.3) is 5.69 Å². The van der Waals surface area contributed by atoms with Gasteiger partial charge in [-0.1, -0.05) is 13.3 Å². The monoisotopic (exact) mass is 435 g/mol. The standard InChI is InChI=1S/C19H25N5O3S2/c1-2-3-4-12-29(28)24(27)16-6-5-10-23(19(16)26)17-8-7-15(13-21-17)22-11-9-20-14-18(22)25/h7-9,11-14,16,27-28H,2-6,10H2,1H3. The molecule has 29 heavy (non-hydrogen) atoms. The Morgan fingerprint density at radius 3 is 2.90 bits per heavy atom. The maximum Gasteiger partial charge on any atom is 0.273 e. The Balaban J connectivity index is 1.75. The molecule has 1 saturated heterocycles. The zero-order valence-corrected chi connectivity index (χ0v) is 17.9. The first-order chi connectivity index (χ1) is 14.0. The molecule has 0 aliphatic carbocycles. The topological polar surface area (TPSA) is 91.6 Å². The zero-order chi connectivity index (χ0) is 20.8. The average Bonchev–Trinajstić information content (AvgIpc) is 2.74. The molecule has 1 amide bonds. The van der Waals surface area contributed by atoms with Crippen LogP contribution in [-0.4, -0.2) is 48.1 Å². The van der Waals surface area contributed by atoms with Crippen molar-refractivity contribution in [2.75, 3.05) is 11.4 Å². The van der Waals surface area contributed by atoms with E-state index in [1.54, 1.807) is 29.4 Å². The Hall–Kier alpha value is -2.01. The van der Waals surface area contributed by atoms with Crippen molar-refractivity contribution in [1.29, 1.82) is 0 Å². The molecule has 2 atom stereocenters. The minimum Gasteiger partial charge on any atom is -0.302 e. The van der Waals surface area contributed by atoms with Crippen LogP contribution in [0.3, 0.4) is 0 Å². The number of carbonyl (C=O) groups is 1. The summed E-state index contributed by atoms with van der Waals surface area (Å²) in [5.41, 5.74) is 0.334. The molecule has 0 bridgehead atoms. The number of rotatable bonds is 7. The molecule has 3 rings (SSSR count). The fraction of sp³-hybridized carbons (Fsp3) is 0.421. The molecule has 0 radical (unpaired) electrons. The lowest BCUT2D eigenvalue weighted by atomic mass is 10.1. The van der Waals surface area contributed by atoms with Crippen molar-refractivity contribution in [2.45, 2.75) is 45.1 Å². The highest BCUT2D eigenvalue weighted by Crippen LogP contribution is 2.31. The van der Waals surface area contributed by atoms with Gasteiger partial charge in [0.25, 0.3) is 5.56 Å². The Bertz CT molecular complexity index is 932. The SMILES string of the molecule is CCCCC=S(S)N(O)C1CCCN(c2ccc(-n3ccncc3=O)cn2)C1=O. The number of carbonyl (C=O) groups excluding carboxylic acids is 1. The molecule has 0 aromatic carbocycles. The number of piperidine rings is 1. The number of hydrogen-bond donors (Lipinski definition) is 2. The first-order valence-corrected chi connectivity index (χ1v) is 11.9. The highest BCUT2D eigenvalue weighted by Gasteiger charge is 2.35. The summed E-state index contributed by atoms with van der Waals surface area (Å²) in [5, 5.41) is 12.5. The van der Waals surface area contributed by atoms with Gasteiger partial charge < -0.3 is 5.21 Å². The Labute approximate surface area is 177 Å². The molecule has 10 heteroatoms. The van der Waals surface area contributed by atoms with Crippen LogP contribution in [-0.2, 0) is 4.79 Å². The highest BCUT2D eigenvalue weighted by molar-refractivity contribution is 8.75. The van der Waals surface area contributed by atoms with Gasteiger partial charge in [0.2, 0.25) is 5.91 Å².